The Morgan fingerprint density at radius 1 is 0.929 bits per heavy atom. The Bertz CT molecular complexity index is 955. The number of anilines is 1. The molecule has 5 heteroatoms. The number of hydrogen-bond donors (Lipinski definition) is 1. The summed E-state index contributed by atoms with van der Waals surface area (Å²) in [5, 5.41) is 2.85. The van der Waals surface area contributed by atoms with Crippen LogP contribution in [-0.4, -0.2) is 17.8 Å². The van der Waals surface area contributed by atoms with Crippen molar-refractivity contribution in [1.29, 1.82) is 0 Å². The molecule has 0 aromatic heterocycles. The minimum Gasteiger partial charge on any atom is -0.482 e. The van der Waals surface area contributed by atoms with E-state index in [9.17, 15) is 9.59 Å². The van der Waals surface area contributed by atoms with Crippen LogP contribution in [0.3, 0.4) is 0 Å². The summed E-state index contributed by atoms with van der Waals surface area (Å²) in [6.07, 6.45) is -0.0386. The van der Waals surface area contributed by atoms with Crippen molar-refractivity contribution in [3.63, 3.8) is 0 Å². The molecule has 3 rings (SSSR count). The van der Waals surface area contributed by atoms with Gasteiger partial charge in [-0.15, -0.1) is 0 Å². The number of ketones is 1. The van der Waals surface area contributed by atoms with Gasteiger partial charge in [-0.05, 0) is 42.8 Å². The highest BCUT2D eigenvalue weighted by Crippen LogP contribution is 2.22. The second kappa shape index (κ2) is 9.33. The number of Topliss-reactive ketones (excluding diaryl/α,β-unsaturated/α-hetero) is 1. The molecule has 0 heterocycles. The van der Waals surface area contributed by atoms with Gasteiger partial charge in [0.1, 0.15) is 5.75 Å². The van der Waals surface area contributed by atoms with E-state index in [0.29, 0.717) is 29.0 Å². The summed E-state index contributed by atoms with van der Waals surface area (Å²) in [5.41, 5.74) is 1.78. The van der Waals surface area contributed by atoms with E-state index >= 15 is 0 Å². The molecule has 3 aromatic rings. The van der Waals surface area contributed by atoms with Crippen molar-refractivity contribution < 1.29 is 14.3 Å². The number of benzene rings is 3. The third-order valence-electron chi connectivity index (χ3n) is 4.20. The van der Waals surface area contributed by atoms with Crippen LogP contribution in [0.5, 0.6) is 5.75 Å². The van der Waals surface area contributed by atoms with Gasteiger partial charge >= 0.3 is 0 Å². The van der Waals surface area contributed by atoms with Crippen LogP contribution in [0.4, 0.5) is 5.69 Å². The van der Waals surface area contributed by atoms with Gasteiger partial charge in [-0.1, -0.05) is 59.3 Å². The summed E-state index contributed by atoms with van der Waals surface area (Å²) >= 11 is 3.35. The van der Waals surface area contributed by atoms with Crippen molar-refractivity contribution >= 4 is 33.3 Å². The first-order chi connectivity index (χ1) is 13.6. The van der Waals surface area contributed by atoms with Gasteiger partial charge in [0, 0.05) is 27.4 Å². The molecule has 1 amide bonds. The maximum atomic E-state index is 12.7. The highest BCUT2D eigenvalue weighted by molar-refractivity contribution is 9.10. The highest BCUT2D eigenvalue weighted by Gasteiger charge is 2.20. The van der Waals surface area contributed by atoms with E-state index < -0.39 is 6.10 Å². The van der Waals surface area contributed by atoms with E-state index in [2.05, 4.69) is 21.2 Å². The van der Waals surface area contributed by atoms with Crippen molar-refractivity contribution in [2.45, 2.75) is 19.4 Å². The largest absolute Gasteiger partial charge is 0.482 e. The molecule has 4 nitrogen and oxygen atoms in total. The lowest BCUT2D eigenvalue weighted by Crippen LogP contribution is -2.26. The fraction of sp³-hybridized carbons (Fsp3) is 0.130. The summed E-state index contributed by atoms with van der Waals surface area (Å²) in [7, 11) is 0. The Labute approximate surface area is 172 Å². The third-order valence-corrected chi connectivity index (χ3v) is 4.73. The lowest BCUT2D eigenvalue weighted by molar-refractivity contribution is 0.0786. The van der Waals surface area contributed by atoms with E-state index in [1.54, 1.807) is 48.5 Å². The molecule has 3 aromatic carbocycles. The molecular weight excluding hydrogens is 418 g/mol. The first-order valence-corrected chi connectivity index (χ1v) is 9.79. The number of carbonyl (C=O) groups excluding carboxylic acids is 2. The van der Waals surface area contributed by atoms with Gasteiger partial charge in [0.05, 0.1) is 0 Å². The summed E-state index contributed by atoms with van der Waals surface area (Å²) in [6, 6.07) is 23.3. The van der Waals surface area contributed by atoms with E-state index in [-0.39, 0.29) is 11.7 Å². The average Bonchev–Trinajstić information content (AvgIpc) is 2.73. The van der Waals surface area contributed by atoms with Gasteiger partial charge in [-0.3, -0.25) is 9.59 Å². The van der Waals surface area contributed by atoms with Crippen LogP contribution < -0.4 is 10.1 Å². The first-order valence-electron chi connectivity index (χ1n) is 8.99. The molecule has 0 saturated heterocycles. The Kier molecular flexibility index (Phi) is 6.61. The van der Waals surface area contributed by atoms with Crippen LogP contribution in [0.2, 0.25) is 0 Å². The Morgan fingerprint density at radius 2 is 1.64 bits per heavy atom. The minimum absolute atomic E-state index is 0.0626. The molecule has 0 spiro atoms. The van der Waals surface area contributed by atoms with E-state index in [0.717, 1.165) is 4.47 Å². The average molecular weight is 438 g/mol. The number of hydrogen-bond acceptors (Lipinski definition) is 3. The Morgan fingerprint density at radius 3 is 2.32 bits per heavy atom. The molecule has 0 unspecified atom stereocenters. The summed E-state index contributed by atoms with van der Waals surface area (Å²) in [5.74, 6) is 0.259. The van der Waals surface area contributed by atoms with Crippen molar-refractivity contribution in [3.8, 4) is 5.75 Å². The molecule has 142 valence electrons. The molecule has 0 aliphatic carbocycles. The molecule has 0 bridgehead atoms. The normalized spacial score (nSPS) is 11.5. The molecule has 0 radical (unpaired) electrons. The van der Waals surface area contributed by atoms with Gasteiger partial charge in [-0.25, -0.2) is 0 Å². The molecule has 0 fully saturated rings. The lowest BCUT2D eigenvalue weighted by Gasteiger charge is -2.17. The SMILES string of the molecule is CC[C@@H](Oc1cccc(NC(=O)c2ccc(Br)cc2)c1)C(=O)c1ccccc1. The zero-order chi connectivity index (χ0) is 19.9. The van der Waals surface area contributed by atoms with Crippen LogP contribution in [0, 0.1) is 0 Å². The fourth-order valence-corrected chi connectivity index (χ4v) is 2.99. The second-order valence-corrected chi connectivity index (χ2v) is 7.15. The molecule has 0 aliphatic rings. The molecule has 1 atom stereocenters. The topological polar surface area (TPSA) is 55.4 Å². The number of halogens is 1. The predicted molar refractivity (Wildman–Crippen MR) is 114 cm³/mol. The van der Waals surface area contributed by atoms with Gasteiger partial charge in [0.25, 0.3) is 5.91 Å². The summed E-state index contributed by atoms with van der Waals surface area (Å²) in [6.45, 7) is 1.91. The van der Waals surface area contributed by atoms with Crippen LogP contribution in [-0.2, 0) is 0 Å². The van der Waals surface area contributed by atoms with Crippen molar-refractivity contribution in [3.05, 3.63) is 94.5 Å². The van der Waals surface area contributed by atoms with Gasteiger partial charge in [-0.2, -0.15) is 0 Å². The number of ether oxygens (including phenoxy) is 1. The molecule has 28 heavy (non-hydrogen) atoms. The number of nitrogens with one attached hydrogen (secondary N) is 1. The van der Waals surface area contributed by atoms with Crippen molar-refractivity contribution in [2.24, 2.45) is 0 Å². The number of carbonyl (C=O) groups is 2. The smallest absolute Gasteiger partial charge is 0.255 e. The molecular formula is C23H20BrNO3. The standard InChI is InChI=1S/C23H20BrNO3/c1-2-21(22(26)16-7-4-3-5-8-16)28-20-10-6-9-19(15-20)25-23(27)17-11-13-18(24)14-12-17/h3-15,21H,2H2,1H3,(H,25,27)/t21-/m1/s1. The number of amides is 1. The highest BCUT2D eigenvalue weighted by atomic mass is 79.9. The lowest BCUT2D eigenvalue weighted by atomic mass is 10.0. The summed E-state index contributed by atoms with van der Waals surface area (Å²) in [4.78, 5) is 25.0. The van der Waals surface area contributed by atoms with E-state index in [1.807, 2.05) is 37.3 Å². The third kappa shape index (κ3) is 5.08. The summed E-state index contributed by atoms with van der Waals surface area (Å²) < 4.78 is 6.83. The van der Waals surface area contributed by atoms with Crippen LogP contribution in [0.1, 0.15) is 34.1 Å². The van der Waals surface area contributed by atoms with Gasteiger partial charge in [0.2, 0.25) is 5.78 Å². The zero-order valence-corrected chi connectivity index (χ0v) is 17.0. The maximum Gasteiger partial charge on any atom is 0.255 e. The fourth-order valence-electron chi connectivity index (χ4n) is 2.73. The Hall–Kier alpha value is -2.92. The van der Waals surface area contributed by atoms with Gasteiger partial charge in [0.15, 0.2) is 6.10 Å². The molecule has 0 aliphatic heterocycles. The second-order valence-electron chi connectivity index (χ2n) is 6.23. The Balaban J connectivity index is 1.70. The first kappa shape index (κ1) is 19.8. The quantitative estimate of drug-likeness (QED) is 0.479. The van der Waals surface area contributed by atoms with E-state index in [4.69, 9.17) is 4.74 Å². The van der Waals surface area contributed by atoms with Crippen molar-refractivity contribution in [1.82, 2.24) is 0 Å². The molecule has 0 saturated carbocycles. The monoisotopic (exact) mass is 437 g/mol. The zero-order valence-electron chi connectivity index (χ0n) is 15.4. The number of rotatable bonds is 7. The molecule has 1 N–H and O–H groups in total. The minimum atomic E-state index is -0.583. The van der Waals surface area contributed by atoms with E-state index in [1.165, 1.54) is 0 Å². The van der Waals surface area contributed by atoms with Gasteiger partial charge < -0.3 is 10.1 Å². The van der Waals surface area contributed by atoms with Crippen LogP contribution in [0.25, 0.3) is 0 Å². The van der Waals surface area contributed by atoms with Crippen molar-refractivity contribution in [2.75, 3.05) is 5.32 Å². The maximum absolute atomic E-state index is 12.7. The van der Waals surface area contributed by atoms with Crippen LogP contribution in [0.15, 0.2) is 83.3 Å². The predicted octanol–water partition coefficient (Wildman–Crippen LogP) is 5.74. The van der Waals surface area contributed by atoms with Crippen LogP contribution >= 0.6 is 15.9 Å².